The lowest BCUT2D eigenvalue weighted by molar-refractivity contribution is 0.0739. The number of nitrogens with zero attached hydrogens (tertiary/aromatic N) is 3. The highest BCUT2D eigenvalue weighted by Crippen LogP contribution is 2.18. The van der Waals surface area contributed by atoms with Crippen molar-refractivity contribution >= 4 is 29.0 Å². The van der Waals surface area contributed by atoms with Crippen LogP contribution < -0.4 is 5.32 Å². The fourth-order valence-electron chi connectivity index (χ4n) is 3.98. The van der Waals surface area contributed by atoms with Gasteiger partial charge in [0.2, 0.25) is 0 Å². The molecule has 0 aliphatic heterocycles. The van der Waals surface area contributed by atoms with Crippen molar-refractivity contribution in [3.63, 3.8) is 0 Å². The molecule has 0 bridgehead atoms. The number of methoxy groups -OCH3 is 1. The van der Waals surface area contributed by atoms with Gasteiger partial charge in [-0.1, -0.05) is 72.8 Å². The number of carbonyl (C=O) groups is 2. The summed E-state index contributed by atoms with van der Waals surface area (Å²) >= 11 is 1.31. The van der Waals surface area contributed by atoms with Crippen molar-refractivity contribution in [3.8, 4) is 0 Å². The summed E-state index contributed by atoms with van der Waals surface area (Å²) in [5.41, 5.74) is 2.61. The number of amides is 3. The molecule has 0 aliphatic rings. The predicted molar refractivity (Wildman–Crippen MR) is 151 cm³/mol. The number of rotatable bonds is 12. The van der Waals surface area contributed by atoms with Crippen molar-refractivity contribution in [1.82, 2.24) is 14.8 Å². The van der Waals surface area contributed by atoms with E-state index in [1.807, 2.05) is 60.7 Å². The predicted octanol–water partition coefficient (Wildman–Crippen LogP) is 5.85. The molecule has 0 saturated heterocycles. The fraction of sp³-hybridized carbons (Fsp3) is 0.233. The van der Waals surface area contributed by atoms with Crippen LogP contribution in [0.4, 0.5) is 14.9 Å². The van der Waals surface area contributed by atoms with E-state index < -0.39 is 11.8 Å². The third-order valence-electron chi connectivity index (χ3n) is 6.08. The van der Waals surface area contributed by atoms with Gasteiger partial charge in [-0.25, -0.2) is 14.2 Å². The van der Waals surface area contributed by atoms with E-state index in [9.17, 15) is 14.0 Å². The average Bonchev–Trinajstić information content (AvgIpc) is 3.44. The van der Waals surface area contributed by atoms with E-state index in [2.05, 4.69) is 10.3 Å². The van der Waals surface area contributed by atoms with Gasteiger partial charge >= 0.3 is 6.03 Å². The summed E-state index contributed by atoms with van der Waals surface area (Å²) in [6.07, 6.45) is 0.720. The topological polar surface area (TPSA) is 74.8 Å². The van der Waals surface area contributed by atoms with E-state index in [4.69, 9.17) is 4.74 Å². The van der Waals surface area contributed by atoms with Crippen LogP contribution in [0, 0.1) is 5.82 Å². The van der Waals surface area contributed by atoms with Gasteiger partial charge in [-0.2, -0.15) is 0 Å². The third-order valence-corrected chi connectivity index (χ3v) is 6.92. The van der Waals surface area contributed by atoms with Gasteiger partial charge in [-0.3, -0.25) is 4.79 Å². The Morgan fingerprint density at radius 1 is 0.872 bits per heavy atom. The Labute approximate surface area is 231 Å². The largest absolute Gasteiger partial charge is 0.383 e. The number of ether oxygens (including phenoxy) is 1. The molecule has 4 aromatic rings. The summed E-state index contributed by atoms with van der Waals surface area (Å²) in [7, 11) is 1.55. The average molecular weight is 547 g/mol. The highest BCUT2D eigenvalue weighted by molar-refractivity contribution is 7.09. The minimum absolute atomic E-state index is 0.0925. The number of urea groups is 1. The molecule has 0 fully saturated rings. The molecular formula is C30H31FN4O3S. The Hall–Kier alpha value is -4.08. The molecule has 7 nitrogen and oxygen atoms in total. The van der Waals surface area contributed by atoms with Crippen LogP contribution >= 0.6 is 11.3 Å². The van der Waals surface area contributed by atoms with Gasteiger partial charge in [0, 0.05) is 32.1 Å². The molecule has 1 N–H and O–H groups in total. The van der Waals surface area contributed by atoms with Gasteiger partial charge < -0.3 is 19.9 Å². The maximum Gasteiger partial charge on any atom is 0.322 e. The summed E-state index contributed by atoms with van der Waals surface area (Å²) < 4.78 is 19.2. The monoisotopic (exact) mass is 546 g/mol. The zero-order valence-electron chi connectivity index (χ0n) is 21.8. The van der Waals surface area contributed by atoms with Gasteiger partial charge in [0.05, 0.1) is 18.8 Å². The molecule has 0 aliphatic carbocycles. The Morgan fingerprint density at radius 3 is 2.23 bits per heavy atom. The first-order chi connectivity index (χ1) is 19.0. The first-order valence-corrected chi connectivity index (χ1v) is 13.5. The lowest BCUT2D eigenvalue weighted by Gasteiger charge is -2.23. The quantitative estimate of drug-likeness (QED) is 0.242. The minimum Gasteiger partial charge on any atom is -0.383 e. The number of thiazole rings is 1. The molecule has 0 saturated carbocycles. The van der Waals surface area contributed by atoms with E-state index in [1.165, 1.54) is 28.4 Å². The molecule has 0 spiro atoms. The van der Waals surface area contributed by atoms with E-state index in [1.54, 1.807) is 29.5 Å². The Kier molecular flexibility index (Phi) is 10.2. The van der Waals surface area contributed by atoms with Crippen LogP contribution in [0.3, 0.4) is 0 Å². The first kappa shape index (κ1) is 27.9. The number of nitrogens with one attached hydrogen (secondary N) is 1. The molecule has 9 heteroatoms. The summed E-state index contributed by atoms with van der Waals surface area (Å²) in [6, 6.07) is 25.4. The lowest BCUT2D eigenvalue weighted by Crippen LogP contribution is -2.37. The molecule has 1 heterocycles. The van der Waals surface area contributed by atoms with Crippen LogP contribution in [0.15, 0.2) is 90.3 Å². The maximum absolute atomic E-state index is 14.1. The molecule has 0 radical (unpaired) electrons. The number of anilines is 1. The van der Waals surface area contributed by atoms with E-state index in [0.29, 0.717) is 30.4 Å². The van der Waals surface area contributed by atoms with Crippen molar-refractivity contribution in [2.45, 2.75) is 19.5 Å². The second-order valence-electron chi connectivity index (χ2n) is 8.90. The Morgan fingerprint density at radius 2 is 1.54 bits per heavy atom. The van der Waals surface area contributed by atoms with Crippen molar-refractivity contribution in [3.05, 3.63) is 118 Å². The number of halogens is 1. The van der Waals surface area contributed by atoms with Crippen LogP contribution in [0.2, 0.25) is 0 Å². The van der Waals surface area contributed by atoms with E-state index in [-0.39, 0.29) is 24.7 Å². The number of para-hydroxylation sites is 1. The van der Waals surface area contributed by atoms with Crippen LogP contribution in [0.1, 0.15) is 26.6 Å². The van der Waals surface area contributed by atoms with E-state index in [0.717, 1.165) is 17.5 Å². The number of hydrogen-bond acceptors (Lipinski definition) is 5. The van der Waals surface area contributed by atoms with Gasteiger partial charge in [0.1, 0.15) is 16.5 Å². The van der Waals surface area contributed by atoms with E-state index >= 15 is 0 Å². The maximum atomic E-state index is 14.1. The van der Waals surface area contributed by atoms with Crippen molar-refractivity contribution in [2.75, 3.05) is 32.1 Å². The summed E-state index contributed by atoms with van der Waals surface area (Å²) in [4.78, 5) is 34.4. The zero-order chi connectivity index (χ0) is 27.5. The second-order valence-corrected chi connectivity index (χ2v) is 9.84. The van der Waals surface area contributed by atoms with Crippen LogP contribution in [0.25, 0.3) is 0 Å². The molecular weight excluding hydrogens is 515 g/mol. The standard InChI is InChI=1S/C30H31FN4O3S/c1-38-19-18-35(30(37)33-26-15-9-8-14-25(26)31)21-28-32-27(22-39-28)29(36)34(20-24-12-6-3-7-13-24)17-16-23-10-4-2-5-11-23/h2-15,22H,16-21H2,1H3,(H,33,37). The highest BCUT2D eigenvalue weighted by Gasteiger charge is 2.22. The number of hydrogen-bond donors (Lipinski definition) is 1. The smallest absolute Gasteiger partial charge is 0.322 e. The van der Waals surface area contributed by atoms with Crippen LogP contribution in [-0.4, -0.2) is 53.5 Å². The van der Waals surface area contributed by atoms with Crippen LogP contribution in [-0.2, 0) is 24.2 Å². The Balaban J connectivity index is 1.47. The first-order valence-electron chi connectivity index (χ1n) is 12.6. The highest BCUT2D eigenvalue weighted by atomic mass is 32.1. The number of aromatic nitrogens is 1. The second kappa shape index (κ2) is 14.2. The van der Waals surface area contributed by atoms with Crippen molar-refractivity contribution in [2.24, 2.45) is 0 Å². The normalized spacial score (nSPS) is 10.7. The Bertz CT molecular complexity index is 1350. The molecule has 4 rings (SSSR count). The third kappa shape index (κ3) is 8.20. The molecule has 3 amide bonds. The minimum atomic E-state index is -0.520. The molecule has 1 aromatic heterocycles. The summed E-state index contributed by atoms with van der Waals surface area (Å²) in [5.74, 6) is -0.690. The SMILES string of the molecule is COCCN(Cc1nc(C(=O)N(CCc2ccccc2)Cc2ccccc2)cs1)C(=O)Nc1ccccc1F. The number of carbonyl (C=O) groups excluding carboxylic acids is 2. The number of benzene rings is 3. The summed E-state index contributed by atoms with van der Waals surface area (Å²) in [5, 5.41) is 4.93. The van der Waals surface area contributed by atoms with Crippen molar-refractivity contribution in [1.29, 1.82) is 0 Å². The summed E-state index contributed by atoms with van der Waals surface area (Å²) in [6.45, 7) is 1.73. The molecule has 0 unspecified atom stereocenters. The van der Waals surface area contributed by atoms with Gasteiger partial charge in [-0.15, -0.1) is 11.3 Å². The zero-order valence-corrected chi connectivity index (χ0v) is 22.6. The van der Waals surface area contributed by atoms with Gasteiger partial charge in [-0.05, 0) is 29.7 Å². The molecule has 0 atom stereocenters. The molecule has 3 aromatic carbocycles. The van der Waals surface area contributed by atoms with Gasteiger partial charge in [0.25, 0.3) is 5.91 Å². The molecule has 39 heavy (non-hydrogen) atoms. The van der Waals surface area contributed by atoms with Crippen molar-refractivity contribution < 1.29 is 18.7 Å². The molecule has 202 valence electrons. The lowest BCUT2D eigenvalue weighted by atomic mass is 10.1. The fourth-order valence-corrected chi connectivity index (χ4v) is 4.77. The van der Waals surface area contributed by atoms with Gasteiger partial charge in [0.15, 0.2) is 0 Å². The van der Waals surface area contributed by atoms with Crippen LogP contribution in [0.5, 0.6) is 0 Å².